The van der Waals surface area contributed by atoms with Crippen molar-refractivity contribution in [1.82, 2.24) is 10.6 Å². The Morgan fingerprint density at radius 2 is 1.40 bits per heavy atom. The monoisotopic (exact) mass is 568 g/mol. The highest BCUT2D eigenvalue weighted by molar-refractivity contribution is 6.33. The number of amides is 4. The molecule has 1 aliphatic carbocycles. The van der Waals surface area contributed by atoms with E-state index in [1.807, 2.05) is 60.7 Å². The van der Waals surface area contributed by atoms with Crippen LogP contribution in [0.2, 0.25) is 0 Å². The van der Waals surface area contributed by atoms with Gasteiger partial charge in [-0.05, 0) is 48.7 Å². The summed E-state index contributed by atoms with van der Waals surface area (Å²) in [7, 11) is 0. The van der Waals surface area contributed by atoms with E-state index in [4.69, 9.17) is 4.74 Å². The minimum Gasteiger partial charge on any atom is -0.457 e. The maximum atomic E-state index is 14.3. The zero-order valence-electron chi connectivity index (χ0n) is 23.8. The SMILES string of the molecule is O=C(NC1CCCCC1)C(=O)[N+]1(C(=O)C(Cc2ccccc2)NC(=O)c2cccc(Oc3ccccc3)c2)CCCC1. The minimum absolute atomic E-state index is 0.0434. The fraction of sp³-hybridized carbons (Fsp3) is 0.353. The molecule has 0 bridgehead atoms. The summed E-state index contributed by atoms with van der Waals surface area (Å²) in [5.41, 5.74) is 1.16. The van der Waals surface area contributed by atoms with E-state index in [1.165, 1.54) is 0 Å². The first-order valence-corrected chi connectivity index (χ1v) is 14.9. The summed E-state index contributed by atoms with van der Waals surface area (Å²) in [6.07, 6.45) is 6.34. The maximum Gasteiger partial charge on any atom is 0.411 e. The van der Waals surface area contributed by atoms with E-state index < -0.39 is 34.2 Å². The molecule has 5 rings (SSSR count). The van der Waals surface area contributed by atoms with Crippen LogP contribution < -0.4 is 15.4 Å². The summed E-state index contributed by atoms with van der Waals surface area (Å²) in [5, 5.41) is 5.80. The van der Waals surface area contributed by atoms with Crippen LogP contribution in [0.3, 0.4) is 0 Å². The summed E-state index contributed by atoms with van der Waals surface area (Å²) < 4.78 is 5.32. The topological polar surface area (TPSA) is 102 Å². The third-order valence-corrected chi connectivity index (χ3v) is 8.24. The number of quaternary nitrogens is 1. The van der Waals surface area contributed by atoms with Crippen LogP contribution in [0.4, 0.5) is 0 Å². The van der Waals surface area contributed by atoms with E-state index in [2.05, 4.69) is 10.6 Å². The number of nitrogens with zero attached hydrogens (tertiary/aromatic N) is 1. The lowest BCUT2D eigenvalue weighted by Gasteiger charge is -2.32. The minimum atomic E-state index is -1.01. The number of nitrogens with one attached hydrogen (secondary N) is 2. The zero-order chi connectivity index (χ0) is 29.4. The Hall–Kier alpha value is -4.30. The molecule has 4 amide bonds. The summed E-state index contributed by atoms with van der Waals surface area (Å²) in [4.78, 5) is 54.8. The van der Waals surface area contributed by atoms with Crippen molar-refractivity contribution >= 4 is 23.6 Å². The smallest absolute Gasteiger partial charge is 0.411 e. The molecule has 3 aromatic rings. The fourth-order valence-electron chi connectivity index (χ4n) is 6.00. The van der Waals surface area contributed by atoms with Gasteiger partial charge in [-0.15, -0.1) is 0 Å². The fourth-order valence-corrected chi connectivity index (χ4v) is 6.00. The van der Waals surface area contributed by atoms with Crippen LogP contribution in [0.5, 0.6) is 11.5 Å². The lowest BCUT2D eigenvalue weighted by Crippen LogP contribution is -2.65. The van der Waals surface area contributed by atoms with Crippen LogP contribution in [0.1, 0.15) is 60.9 Å². The van der Waals surface area contributed by atoms with Crippen molar-refractivity contribution in [3.63, 3.8) is 0 Å². The summed E-state index contributed by atoms with van der Waals surface area (Å²) in [6.45, 7) is 0.495. The van der Waals surface area contributed by atoms with Crippen LogP contribution in [-0.4, -0.2) is 53.3 Å². The Labute approximate surface area is 246 Å². The Bertz CT molecular complexity index is 1400. The van der Waals surface area contributed by atoms with Gasteiger partial charge in [0.1, 0.15) is 17.5 Å². The Kier molecular flexibility index (Phi) is 9.44. The van der Waals surface area contributed by atoms with Gasteiger partial charge in [-0.3, -0.25) is 9.59 Å². The van der Waals surface area contributed by atoms with E-state index >= 15 is 0 Å². The number of hydrogen-bond donors (Lipinski definition) is 2. The van der Waals surface area contributed by atoms with E-state index in [1.54, 1.807) is 24.3 Å². The maximum absolute atomic E-state index is 14.3. The Balaban J connectivity index is 1.38. The van der Waals surface area contributed by atoms with Crippen LogP contribution in [0.25, 0.3) is 0 Å². The lowest BCUT2D eigenvalue weighted by atomic mass is 9.95. The summed E-state index contributed by atoms with van der Waals surface area (Å²) in [5.74, 6) is -1.22. The number of rotatable bonds is 8. The molecule has 3 aromatic carbocycles. The highest BCUT2D eigenvalue weighted by Crippen LogP contribution is 2.26. The average Bonchev–Trinajstić information content (AvgIpc) is 3.53. The summed E-state index contributed by atoms with van der Waals surface area (Å²) in [6, 6.07) is 24.3. The third-order valence-electron chi connectivity index (χ3n) is 8.24. The van der Waals surface area contributed by atoms with Gasteiger partial charge in [0.15, 0.2) is 0 Å². The van der Waals surface area contributed by atoms with Crippen molar-refractivity contribution in [3.05, 3.63) is 96.1 Å². The van der Waals surface area contributed by atoms with Gasteiger partial charge in [0.25, 0.3) is 5.91 Å². The van der Waals surface area contributed by atoms with E-state index in [-0.39, 0.29) is 25.6 Å². The van der Waals surface area contributed by atoms with Crippen molar-refractivity contribution in [2.75, 3.05) is 13.1 Å². The first kappa shape index (κ1) is 29.2. The van der Waals surface area contributed by atoms with Crippen molar-refractivity contribution < 1.29 is 28.4 Å². The second kappa shape index (κ2) is 13.6. The molecule has 218 valence electrons. The predicted molar refractivity (Wildman–Crippen MR) is 159 cm³/mol. The first-order valence-electron chi connectivity index (χ1n) is 14.9. The zero-order valence-corrected chi connectivity index (χ0v) is 23.8. The molecular weight excluding hydrogens is 530 g/mol. The molecule has 2 N–H and O–H groups in total. The number of carbonyl (C=O) groups is 4. The number of hydrogen-bond acceptors (Lipinski definition) is 5. The number of ether oxygens (including phenoxy) is 1. The molecule has 1 aliphatic heterocycles. The molecule has 42 heavy (non-hydrogen) atoms. The molecule has 0 spiro atoms. The standard InChI is InChI=1S/C34H37N3O5/c38-31(26-15-12-20-29(24-26)42-28-18-8-3-9-19-28)36-30(23-25-13-4-1-5-14-25)33(40)37(21-10-11-22-37)34(41)32(39)35-27-16-6-2-7-17-27/h1,3-5,8-9,12-15,18-20,24,27,30H,2,6-7,10-11,16-17,21-23H2,(H-,35,36,38,39)/p+1. The molecule has 8 nitrogen and oxygen atoms in total. The summed E-state index contributed by atoms with van der Waals surface area (Å²) >= 11 is 0. The quantitative estimate of drug-likeness (QED) is 0.296. The third kappa shape index (κ3) is 6.94. The number of benzene rings is 3. The van der Waals surface area contributed by atoms with E-state index in [0.717, 1.165) is 37.7 Å². The Morgan fingerprint density at radius 3 is 2.10 bits per heavy atom. The van der Waals surface area contributed by atoms with Crippen LogP contribution >= 0.6 is 0 Å². The highest BCUT2D eigenvalue weighted by atomic mass is 16.5. The second-order valence-electron chi connectivity index (χ2n) is 11.2. The molecule has 1 heterocycles. The van der Waals surface area contributed by atoms with Gasteiger partial charge < -0.3 is 15.4 Å². The van der Waals surface area contributed by atoms with Gasteiger partial charge in [-0.1, -0.05) is 73.9 Å². The van der Waals surface area contributed by atoms with Gasteiger partial charge in [0.2, 0.25) is 0 Å². The Morgan fingerprint density at radius 1 is 0.762 bits per heavy atom. The molecule has 1 saturated carbocycles. The molecule has 2 fully saturated rings. The predicted octanol–water partition coefficient (Wildman–Crippen LogP) is 4.93. The van der Waals surface area contributed by atoms with Gasteiger partial charge >= 0.3 is 17.7 Å². The molecule has 2 aliphatic rings. The molecular formula is C34H38N3O5+. The molecule has 1 saturated heterocycles. The number of para-hydroxylation sites is 1. The lowest BCUT2D eigenvalue weighted by molar-refractivity contribution is -0.762. The van der Waals surface area contributed by atoms with Crippen molar-refractivity contribution in [2.24, 2.45) is 0 Å². The van der Waals surface area contributed by atoms with Crippen molar-refractivity contribution in [2.45, 2.75) is 63.5 Å². The van der Waals surface area contributed by atoms with Gasteiger partial charge in [-0.25, -0.2) is 9.59 Å². The average molecular weight is 569 g/mol. The molecule has 1 atom stereocenters. The van der Waals surface area contributed by atoms with Crippen molar-refractivity contribution in [1.29, 1.82) is 0 Å². The largest absolute Gasteiger partial charge is 0.457 e. The number of imide groups is 1. The van der Waals surface area contributed by atoms with E-state index in [0.29, 0.717) is 29.9 Å². The van der Waals surface area contributed by atoms with E-state index in [9.17, 15) is 19.2 Å². The van der Waals surface area contributed by atoms with Gasteiger partial charge in [0, 0.05) is 30.9 Å². The van der Waals surface area contributed by atoms with Crippen LogP contribution in [-0.2, 0) is 20.8 Å². The molecule has 1 unspecified atom stereocenters. The van der Waals surface area contributed by atoms with Gasteiger partial charge in [-0.2, -0.15) is 4.48 Å². The first-order chi connectivity index (χ1) is 20.4. The van der Waals surface area contributed by atoms with Gasteiger partial charge in [0.05, 0.1) is 13.1 Å². The van der Waals surface area contributed by atoms with Crippen LogP contribution in [0.15, 0.2) is 84.9 Å². The number of carbonyl (C=O) groups excluding carboxylic acids is 4. The molecule has 0 aromatic heterocycles. The highest BCUT2D eigenvalue weighted by Gasteiger charge is 2.53. The number of likely N-dealkylation sites (tertiary alicyclic amines) is 1. The van der Waals surface area contributed by atoms with Crippen LogP contribution in [0, 0.1) is 0 Å². The molecule has 8 heteroatoms. The molecule has 0 radical (unpaired) electrons. The second-order valence-corrected chi connectivity index (χ2v) is 11.2. The van der Waals surface area contributed by atoms with Crippen molar-refractivity contribution in [3.8, 4) is 11.5 Å². The normalized spacial score (nSPS) is 17.1.